The lowest BCUT2D eigenvalue weighted by Crippen LogP contribution is -2.16. The lowest BCUT2D eigenvalue weighted by Gasteiger charge is -2.19. The molecule has 0 aliphatic heterocycles. The predicted molar refractivity (Wildman–Crippen MR) is 88.9 cm³/mol. The van der Waals surface area contributed by atoms with Gasteiger partial charge >= 0.3 is 6.18 Å². The molecule has 2 aromatic rings. The molecule has 1 heterocycles. The molecular formula is C17H23F3N4. The SMILES string of the molecule is CC(C)c1ccc(-n2nc(C(F)(F)F)nc2N(C)C)c(C(C)C)c1. The molecule has 0 aliphatic carbocycles. The molecule has 4 nitrogen and oxygen atoms in total. The van der Waals surface area contributed by atoms with Crippen molar-refractivity contribution >= 4 is 5.95 Å². The van der Waals surface area contributed by atoms with Crippen LogP contribution in [0.1, 0.15) is 56.5 Å². The van der Waals surface area contributed by atoms with Gasteiger partial charge in [0.15, 0.2) is 0 Å². The van der Waals surface area contributed by atoms with Crippen LogP contribution in [-0.2, 0) is 6.18 Å². The molecular weight excluding hydrogens is 317 g/mol. The Morgan fingerprint density at radius 2 is 1.67 bits per heavy atom. The van der Waals surface area contributed by atoms with Gasteiger partial charge in [0.05, 0.1) is 5.69 Å². The van der Waals surface area contributed by atoms with Gasteiger partial charge in [0.25, 0.3) is 5.82 Å². The summed E-state index contributed by atoms with van der Waals surface area (Å²) in [4.78, 5) is 5.20. The average molecular weight is 340 g/mol. The summed E-state index contributed by atoms with van der Waals surface area (Å²) in [6, 6.07) is 5.80. The van der Waals surface area contributed by atoms with Crippen molar-refractivity contribution in [1.82, 2.24) is 14.8 Å². The number of anilines is 1. The molecule has 0 bridgehead atoms. The van der Waals surface area contributed by atoms with Crippen molar-refractivity contribution in [3.63, 3.8) is 0 Å². The van der Waals surface area contributed by atoms with E-state index in [4.69, 9.17) is 0 Å². The summed E-state index contributed by atoms with van der Waals surface area (Å²) < 4.78 is 40.4. The van der Waals surface area contributed by atoms with Gasteiger partial charge < -0.3 is 4.90 Å². The van der Waals surface area contributed by atoms with Crippen LogP contribution in [0.2, 0.25) is 0 Å². The number of hydrogen-bond donors (Lipinski definition) is 0. The lowest BCUT2D eigenvalue weighted by molar-refractivity contribution is -0.144. The Labute approximate surface area is 140 Å². The second-order valence-corrected chi connectivity index (χ2v) is 6.67. The Morgan fingerprint density at radius 1 is 1.04 bits per heavy atom. The highest BCUT2D eigenvalue weighted by molar-refractivity contribution is 5.50. The van der Waals surface area contributed by atoms with Gasteiger partial charge in [0.1, 0.15) is 0 Å². The molecule has 1 aromatic heterocycles. The van der Waals surface area contributed by atoms with E-state index in [9.17, 15) is 13.2 Å². The third kappa shape index (κ3) is 3.55. The Hall–Kier alpha value is -2.05. The van der Waals surface area contributed by atoms with Crippen molar-refractivity contribution in [3.05, 3.63) is 35.2 Å². The number of rotatable bonds is 4. The number of halogens is 3. The molecule has 0 fully saturated rings. The zero-order valence-electron chi connectivity index (χ0n) is 14.8. The van der Waals surface area contributed by atoms with Crippen molar-refractivity contribution in [2.24, 2.45) is 0 Å². The van der Waals surface area contributed by atoms with E-state index in [1.807, 2.05) is 32.0 Å². The van der Waals surface area contributed by atoms with Gasteiger partial charge in [-0.25, -0.2) is 0 Å². The largest absolute Gasteiger partial charge is 0.453 e. The molecule has 1 aromatic carbocycles. The van der Waals surface area contributed by atoms with Crippen LogP contribution < -0.4 is 4.90 Å². The molecule has 0 atom stereocenters. The van der Waals surface area contributed by atoms with E-state index >= 15 is 0 Å². The molecule has 7 heteroatoms. The van der Waals surface area contributed by atoms with Gasteiger partial charge in [-0.3, -0.25) is 0 Å². The lowest BCUT2D eigenvalue weighted by atomic mass is 9.94. The topological polar surface area (TPSA) is 34.0 Å². The first-order chi connectivity index (χ1) is 11.0. The average Bonchev–Trinajstić information content (AvgIpc) is 2.91. The standard InChI is InChI=1S/C17H23F3N4/c1-10(2)12-7-8-14(13(9-12)11(3)4)24-16(23(5)6)21-15(22-24)17(18,19)20/h7-11H,1-6H3. The number of nitrogens with zero attached hydrogens (tertiary/aromatic N) is 4. The number of hydrogen-bond acceptors (Lipinski definition) is 3. The summed E-state index contributed by atoms with van der Waals surface area (Å²) in [6.45, 7) is 8.20. The van der Waals surface area contributed by atoms with Crippen molar-refractivity contribution in [3.8, 4) is 5.69 Å². The van der Waals surface area contributed by atoms with Crippen LogP contribution in [0.15, 0.2) is 18.2 Å². The van der Waals surface area contributed by atoms with Crippen molar-refractivity contribution in [2.45, 2.75) is 45.7 Å². The molecule has 0 saturated carbocycles. The maximum Gasteiger partial charge on any atom is 0.453 e. The smallest absolute Gasteiger partial charge is 0.347 e. The maximum absolute atomic E-state index is 13.0. The molecule has 0 saturated heterocycles. The molecule has 0 unspecified atom stereocenters. The fourth-order valence-corrected chi connectivity index (χ4v) is 2.46. The van der Waals surface area contributed by atoms with Gasteiger partial charge in [-0.1, -0.05) is 39.8 Å². The molecule has 0 amide bonds. The van der Waals surface area contributed by atoms with E-state index < -0.39 is 12.0 Å². The van der Waals surface area contributed by atoms with Crippen LogP contribution >= 0.6 is 0 Å². The first kappa shape index (κ1) is 18.3. The fraction of sp³-hybridized carbons (Fsp3) is 0.529. The van der Waals surface area contributed by atoms with E-state index in [-0.39, 0.29) is 11.9 Å². The summed E-state index contributed by atoms with van der Waals surface area (Å²) in [5.41, 5.74) is 2.72. The van der Waals surface area contributed by atoms with Crippen molar-refractivity contribution in [2.75, 3.05) is 19.0 Å². The minimum absolute atomic E-state index is 0.146. The van der Waals surface area contributed by atoms with Crippen molar-refractivity contribution < 1.29 is 13.2 Å². The molecule has 24 heavy (non-hydrogen) atoms. The van der Waals surface area contributed by atoms with Crippen LogP contribution in [0, 0.1) is 0 Å². The summed E-state index contributed by atoms with van der Waals surface area (Å²) in [5.74, 6) is -0.492. The highest BCUT2D eigenvalue weighted by atomic mass is 19.4. The van der Waals surface area contributed by atoms with Gasteiger partial charge in [-0.2, -0.15) is 22.8 Å². The second-order valence-electron chi connectivity index (χ2n) is 6.67. The Balaban J connectivity index is 2.69. The molecule has 0 aliphatic rings. The van der Waals surface area contributed by atoms with Gasteiger partial charge in [0, 0.05) is 14.1 Å². The molecule has 132 valence electrons. The third-order valence-corrected chi connectivity index (χ3v) is 3.81. The van der Waals surface area contributed by atoms with Crippen LogP contribution in [0.3, 0.4) is 0 Å². The van der Waals surface area contributed by atoms with E-state index in [0.29, 0.717) is 11.6 Å². The van der Waals surface area contributed by atoms with Gasteiger partial charge in [-0.15, -0.1) is 5.10 Å². The number of alkyl halides is 3. The highest BCUT2D eigenvalue weighted by Crippen LogP contribution is 2.32. The molecule has 2 rings (SSSR count). The monoisotopic (exact) mass is 340 g/mol. The molecule has 0 radical (unpaired) electrons. The Bertz CT molecular complexity index is 715. The van der Waals surface area contributed by atoms with E-state index in [1.165, 1.54) is 9.58 Å². The van der Waals surface area contributed by atoms with Crippen LogP contribution in [0.25, 0.3) is 5.69 Å². The van der Waals surface area contributed by atoms with E-state index in [0.717, 1.165) is 11.1 Å². The fourth-order valence-electron chi connectivity index (χ4n) is 2.46. The van der Waals surface area contributed by atoms with Crippen LogP contribution in [0.4, 0.5) is 19.1 Å². The summed E-state index contributed by atoms with van der Waals surface area (Å²) in [7, 11) is 3.30. The summed E-state index contributed by atoms with van der Waals surface area (Å²) in [6.07, 6.45) is -4.58. The van der Waals surface area contributed by atoms with Crippen LogP contribution in [0.5, 0.6) is 0 Å². The third-order valence-electron chi connectivity index (χ3n) is 3.81. The summed E-state index contributed by atoms with van der Waals surface area (Å²) >= 11 is 0. The zero-order chi connectivity index (χ0) is 18.2. The zero-order valence-corrected chi connectivity index (χ0v) is 14.8. The van der Waals surface area contributed by atoms with E-state index in [2.05, 4.69) is 23.9 Å². The van der Waals surface area contributed by atoms with Gasteiger partial charge in [-0.05, 0) is 29.0 Å². The Kier molecular flexibility index (Phi) is 4.92. The number of aromatic nitrogens is 3. The maximum atomic E-state index is 13.0. The minimum atomic E-state index is -4.58. The van der Waals surface area contributed by atoms with Crippen LogP contribution in [-0.4, -0.2) is 28.9 Å². The van der Waals surface area contributed by atoms with Gasteiger partial charge in [0.2, 0.25) is 5.95 Å². The quantitative estimate of drug-likeness (QED) is 0.816. The molecule has 0 N–H and O–H groups in total. The van der Waals surface area contributed by atoms with Crippen molar-refractivity contribution in [1.29, 1.82) is 0 Å². The summed E-state index contributed by atoms with van der Waals surface area (Å²) in [5, 5.41) is 3.73. The first-order valence-corrected chi connectivity index (χ1v) is 7.88. The second kappa shape index (κ2) is 6.45. The van der Waals surface area contributed by atoms with E-state index in [1.54, 1.807) is 14.1 Å². The normalized spacial score (nSPS) is 12.3. The predicted octanol–water partition coefficient (Wildman–Crippen LogP) is 4.60. The Morgan fingerprint density at radius 3 is 2.12 bits per heavy atom. The minimum Gasteiger partial charge on any atom is -0.347 e. The first-order valence-electron chi connectivity index (χ1n) is 7.88. The number of benzene rings is 1. The molecule has 0 spiro atoms. The highest BCUT2D eigenvalue weighted by Gasteiger charge is 2.38.